The van der Waals surface area contributed by atoms with E-state index < -0.39 is 30.2 Å². The number of hydrogen-bond acceptors (Lipinski definition) is 5. The van der Waals surface area contributed by atoms with Gasteiger partial charge in [-0.15, -0.1) is 5.48 Å². The van der Waals surface area contributed by atoms with Crippen molar-refractivity contribution < 1.29 is 29.8 Å². The van der Waals surface area contributed by atoms with Crippen molar-refractivity contribution in [2.45, 2.75) is 18.2 Å². The molecular weight excluding hydrogens is 322 g/mol. The summed E-state index contributed by atoms with van der Waals surface area (Å²) in [5, 5.41) is 10.0. The number of carbonyl (C=O) groups is 2. The van der Waals surface area contributed by atoms with Crippen LogP contribution in [0.5, 0.6) is 0 Å². The molecule has 0 aliphatic heterocycles. The summed E-state index contributed by atoms with van der Waals surface area (Å²) in [5.41, 5.74) is 2.04. The van der Waals surface area contributed by atoms with Crippen molar-refractivity contribution in [3.8, 4) is 0 Å². The van der Waals surface area contributed by atoms with E-state index in [1.807, 2.05) is 0 Å². The Morgan fingerprint density at radius 3 is 2.20 bits per heavy atom. The lowest BCUT2D eigenvalue weighted by molar-refractivity contribution is -0.899. The van der Waals surface area contributed by atoms with Crippen LogP contribution in [0, 0.1) is 0 Å². The van der Waals surface area contributed by atoms with Gasteiger partial charge in [-0.2, -0.15) is 0 Å². The predicted molar refractivity (Wildman–Crippen MR) is 88.4 cm³/mol. The van der Waals surface area contributed by atoms with Crippen LogP contribution >= 0.6 is 0 Å². The molecule has 3 atom stereocenters. The Labute approximate surface area is 144 Å². The fraction of sp³-hybridized carbons (Fsp3) is 0.158. The molecule has 6 heteroatoms. The van der Waals surface area contributed by atoms with Crippen molar-refractivity contribution in [3.63, 3.8) is 0 Å². The molecule has 0 bridgehead atoms. The molecule has 0 heterocycles. The van der Waals surface area contributed by atoms with Crippen LogP contribution in [0.4, 0.5) is 0 Å². The van der Waals surface area contributed by atoms with Crippen LogP contribution in [0.2, 0.25) is 0 Å². The van der Waals surface area contributed by atoms with Gasteiger partial charge in [0, 0.05) is 0 Å². The van der Waals surface area contributed by atoms with Crippen molar-refractivity contribution in [3.05, 3.63) is 83.9 Å². The summed E-state index contributed by atoms with van der Waals surface area (Å²) in [6, 6.07) is 16.4. The normalized spacial score (nSPS) is 21.7. The number of carbonyl (C=O) groups excluding carboxylic acids is 2. The van der Waals surface area contributed by atoms with Crippen molar-refractivity contribution in [2.75, 3.05) is 0 Å². The third-order valence-corrected chi connectivity index (χ3v) is 3.87. The maximum atomic E-state index is 12.2. The van der Waals surface area contributed by atoms with E-state index in [-0.39, 0.29) is 0 Å². The average Bonchev–Trinajstić information content (AvgIpc) is 3.00. The van der Waals surface area contributed by atoms with Gasteiger partial charge in [-0.3, -0.25) is 9.57 Å². The number of aliphatic hydroxyl groups is 1. The van der Waals surface area contributed by atoms with Crippen LogP contribution in [0.15, 0.2) is 72.8 Å². The minimum atomic E-state index is -0.892. The Morgan fingerprint density at radius 2 is 1.56 bits per heavy atom. The fourth-order valence-corrected chi connectivity index (χ4v) is 2.50. The molecular formula is C19H18NO5+2. The van der Waals surface area contributed by atoms with Gasteiger partial charge in [0.1, 0.15) is 11.7 Å². The Morgan fingerprint density at radius 1 is 0.960 bits per heavy atom. The maximum Gasteiger partial charge on any atom is 0.608 e. The molecule has 0 saturated carbocycles. The summed E-state index contributed by atoms with van der Waals surface area (Å²) in [4.78, 5) is 29.3. The van der Waals surface area contributed by atoms with E-state index in [0.29, 0.717) is 11.1 Å². The Hall–Kier alpha value is -2.96. The first kappa shape index (κ1) is 16.9. The van der Waals surface area contributed by atoms with Crippen LogP contribution in [0.3, 0.4) is 0 Å². The molecule has 0 spiro atoms. The first-order valence-electron chi connectivity index (χ1n) is 7.87. The molecule has 0 aromatic heterocycles. The van der Waals surface area contributed by atoms with Crippen LogP contribution in [-0.2, 0) is 9.57 Å². The van der Waals surface area contributed by atoms with E-state index in [4.69, 9.17) is 9.57 Å². The van der Waals surface area contributed by atoms with Crippen molar-refractivity contribution in [1.29, 1.82) is 0 Å². The molecule has 25 heavy (non-hydrogen) atoms. The second-order valence-electron chi connectivity index (χ2n) is 5.60. The van der Waals surface area contributed by atoms with Gasteiger partial charge in [0.25, 0.3) is 6.10 Å². The van der Waals surface area contributed by atoms with Gasteiger partial charge in [0.05, 0.1) is 10.4 Å². The fourth-order valence-electron chi connectivity index (χ4n) is 2.50. The molecule has 127 valence electrons. The van der Waals surface area contributed by atoms with Crippen LogP contribution in [0.25, 0.3) is 0 Å². The molecule has 1 aliphatic rings. The van der Waals surface area contributed by atoms with Crippen LogP contribution in [0.1, 0.15) is 20.7 Å². The van der Waals surface area contributed by atoms with E-state index in [2.05, 4.69) is 0 Å². The van der Waals surface area contributed by atoms with E-state index in [0.717, 1.165) is 0 Å². The molecule has 0 fully saturated rings. The smallest absolute Gasteiger partial charge is 0.382 e. The van der Waals surface area contributed by atoms with Gasteiger partial charge in [0.2, 0.25) is 6.04 Å². The molecule has 2 aromatic rings. The highest BCUT2D eigenvalue weighted by molar-refractivity contribution is 5.89. The summed E-state index contributed by atoms with van der Waals surface area (Å²) < 4.78 is 5.41. The molecule has 2 aromatic carbocycles. The molecule has 0 unspecified atom stereocenters. The number of hydroxylamine groups is 1. The highest BCUT2D eigenvalue weighted by Crippen LogP contribution is 2.15. The lowest BCUT2D eigenvalue weighted by Gasteiger charge is -2.14. The minimum Gasteiger partial charge on any atom is -0.382 e. The largest absolute Gasteiger partial charge is 0.608 e. The monoisotopic (exact) mass is 340 g/mol. The lowest BCUT2D eigenvalue weighted by atomic mass is 10.2. The SMILES string of the molecule is O=C(O[NH2+][C@H]1[C@H](O)C=C[C@@H]1OC(=[O+])c1ccccc1)c1ccccc1. The molecule has 0 saturated heterocycles. The Balaban J connectivity index is 1.60. The third-order valence-electron chi connectivity index (χ3n) is 3.87. The summed E-state index contributed by atoms with van der Waals surface area (Å²) in [5.74, 6) is -1.04. The Kier molecular flexibility index (Phi) is 5.23. The summed E-state index contributed by atoms with van der Waals surface area (Å²) in [7, 11) is 0. The molecule has 3 N–H and O–H groups in total. The lowest BCUT2D eigenvalue weighted by Crippen LogP contribution is -2.93. The number of quaternary nitrogens is 1. The summed E-state index contributed by atoms with van der Waals surface area (Å²) in [6.45, 7) is 0. The van der Waals surface area contributed by atoms with E-state index in [1.165, 1.54) is 11.6 Å². The minimum absolute atomic E-state index is 0.400. The second kappa shape index (κ2) is 7.74. The van der Waals surface area contributed by atoms with Crippen LogP contribution < -0.4 is 5.48 Å². The zero-order valence-electron chi connectivity index (χ0n) is 13.3. The molecule has 0 amide bonds. The highest BCUT2D eigenvalue weighted by Gasteiger charge is 2.44. The predicted octanol–water partition coefficient (Wildman–Crippen LogP) is 0.847. The second-order valence-corrected chi connectivity index (χ2v) is 5.60. The van der Waals surface area contributed by atoms with E-state index in [1.54, 1.807) is 66.7 Å². The molecule has 3 rings (SSSR count). The Bertz CT molecular complexity index is 760. The number of rotatable bonds is 5. The van der Waals surface area contributed by atoms with Gasteiger partial charge in [0.15, 0.2) is 0 Å². The maximum absolute atomic E-state index is 12.2. The van der Waals surface area contributed by atoms with Crippen molar-refractivity contribution in [2.24, 2.45) is 0 Å². The van der Waals surface area contributed by atoms with E-state index >= 15 is 0 Å². The number of ether oxygens (including phenoxy) is 1. The number of esters is 1. The molecule has 6 nitrogen and oxygen atoms in total. The zero-order chi connectivity index (χ0) is 17.6. The number of hydrogen-bond donors (Lipinski definition) is 2. The number of aliphatic hydroxyl groups excluding tert-OH is 1. The average molecular weight is 340 g/mol. The van der Waals surface area contributed by atoms with Crippen molar-refractivity contribution >= 4 is 11.9 Å². The first-order valence-corrected chi connectivity index (χ1v) is 7.87. The van der Waals surface area contributed by atoms with E-state index in [9.17, 15) is 14.7 Å². The third kappa shape index (κ3) is 4.12. The summed E-state index contributed by atoms with van der Waals surface area (Å²) >= 11 is 0. The quantitative estimate of drug-likeness (QED) is 0.364. The number of benzene rings is 2. The van der Waals surface area contributed by atoms with Gasteiger partial charge in [-0.05, 0) is 36.4 Å². The molecule has 1 radical (unpaired) electrons. The van der Waals surface area contributed by atoms with Gasteiger partial charge in [-0.25, -0.2) is 4.79 Å². The standard InChI is InChI=1S/C19H17NO5/c21-15-11-12-16(24-18(22)13-7-3-1-4-8-13)17(15)20-25-19(23)14-9-5-2-6-10-14/h1-12,15-17,20-21H/q+1/p+1/t15-,16+,17+/m1/s1. The van der Waals surface area contributed by atoms with Crippen molar-refractivity contribution in [1.82, 2.24) is 0 Å². The first-order chi connectivity index (χ1) is 12.1. The van der Waals surface area contributed by atoms with Gasteiger partial charge >= 0.3 is 11.9 Å². The molecule has 1 aliphatic carbocycles. The summed E-state index contributed by atoms with van der Waals surface area (Å²) in [6.07, 6.45) is 1.51. The van der Waals surface area contributed by atoms with Gasteiger partial charge < -0.3 is 5.11 Å². The number of nitrogens with two attached hydrogens (primary N) is 1. The van der Waals surface area contributed by atoms with Crippen LogP contribution in [-0.4, -0.2) is 35.3 Å². The van der Waals surface area contributed by atoms with Gasteiger partial charge in [-0.1, -0.05) is 36.4 Å². The highest BCUT2D eigenvalue weighted by atomic mass is 16.7. The topological polar surface area (TPSA) is 92.3 Å². The zero-order valence-corrected chi connectivity index (χ0v) is 13.3.